The molecule has 2 heterocycles. The molecule has 1 fully saturated rings. The second-order valence-electron chi connectivity index (χ2n) is 8.23. The lowest BCUT2D eigenvalue weighted by molar-refractivity contribution is 0.142. The summed E-state index contributed by atoms with van der Waals surface area (Å²) in [6.45, 7) is 2.50. The summed E-state index contributed by atoms with van der Waals surface area (Å²) in [6.07, 6.45) is 3.60. The fraction of sp³-hybridized carbons (Fsp3) is 0.333. The van der Waals surface area contributed by atoms with E-state index in [1.165, 1.54) is 6.33 Å². The molecule has 166 valence electrons. The number of aromatic amines is 1. The van der Waals surface area contributed by atoms with E-state index in [1.54, 1.807) is 31.4 Å². The fourth-order valence-electron chi connectivity index (χ4n) is 4.18. The number of methoxy groups -OCH3 is 1. The minimum absolute atomic E-state index is 0.0971. The molecule has 0 aliphatic heterocycles. The van der Waals surface area contributed by atoms with Gasteiger partial charge in [-0.3, -0.25) is 0 Å². The van der Waals surface area contributed by atoms with E-state index in [-0.39, 0.29) is 11.6 Å². The number of hydrogen-bond donors (Lipinski definition) is 2. The summed E-state index contributed by atoms with van der Waals surface area (Å²) in [7, 11) is 3.57. The summed E-state index contributed by atoms with van der Waals surface area (Å²) in [5.74, 6) is 1.60. The van der Waals surface area contributed by atoms with Crippen molar-refractivity contribution in [2.24, 2.45) is 5.92 Å². The van der Waals surface area contributed by atoms with Crippen LogP contribution in [0.25, 0.3) is 21.8 Å². The predicted octanol–water partition coefficient (Wildman–Crippen LogP) is 4.74. The van der Waals surface area contributed by atoms with Crippen molar-refractivity contribution in [1.82, 2.24) is 20.3 Å². The van der Waals surface area contributed by atoms with Gasteiger partial charge >= 0.3 is 0 Å². The Morgan fingerprint density at radius 1 is 1.09 bits per heavy atom. The highest BCUT2D eigenvalue weighted by atomic mass is 19.1. The molecule has 0 unspecified atom stereocenters. The first kappa shape index (κ1) is 20.5. The fourth-order valence-corrected chi connectivity index (χ4v) is 4.18. The summed E-state index contributed by atoms with van der Waals surface area (Å²) in [5.41, 5.74) is 2.23. The predicted molar refractivity (Wildman–Crippen MR) is 120 cm³/mol. The summed E-state index contributed by atoms with van der Waals surface area (Å²) in [4.78, 5) is 11.7. The van der Waals surface area contributed by atoms with Crippen molar-refractivity contribution in [3.05, 3.63) is 48.2 Å². The van der Waals surface area contributed by atoms with Gasteiger partial charge in [0.15, 0.2) is 23.1 Å². The molecule has 5 rings (SSSR count). The van der Waals surface area contributed by atoms with Crippen LogP contribution in [0.1, 0.15) is 18.5 Å². The third kappa shape index (κ3) is 3.71. The molecule has 1 aliphatic carbocycles. The molecule has 1 saturated carbocycles. The van der Waals surface area contributed by atoms with E-state index >= 15 is 4.39 Å². The average Bonchev–Trinajstić information content (AvgIpc) is 3.15. The maximum Gasteiger partial charge on any atom is 0.230 e. The third-order valence-corrected chi connectivity index (χ3v) is 6.05. The molecule has 0 spiro atoms. The van der Waals surface area contributed by atoms with E-state index in [9.17, 15) is 0 Å². The van der Waals surface area contributed by atoms with Crippen molar-refractivity contribution >= 4 is 21.8 Å². The number of aryl methyl sites for hydroxylation is 1. The zero-order valence-electron chi connectivity index (χ0n) is 18.2. The summed E-state index contributed by atoms with van der Waals surface area (Å²) >= 11 is 0. The number of hydrogen-bond acceptors (Lipinski definition) is 6. The number of nitrogens with zero attached hydrogens (tertiary/aromatic N) is 2. The summed E-state index contributed by atoms with van der Waals surface area (Å²) < 4.78 is 32.5. The lowest BCUT2D eigenvalue weighted by Gasteiger charge is -2.34. The van der Waals surface area contributed by atoms with Crippen molar-refractivity contribution < 1.29 is 18.6 Å². The Balaban J connectivity index is 1.43. The molecule has 0 radical (unpaired) electrons. The Kier molecular flexibility index (Phi) is 5.30. The number of fused-ring (bicyclic) bond motifs is 2. The van der Waals surface area contributed by atoms with Crippen molar-refractivity contribution in [3.63, 3.8) is 0 Å². The van der Waals surface area contributed by atoms with Crippen molar-refractivity contribution in [1.29, 1.82) is 0 Å². The van der Waals surface area contributed by atoms with Crippen molar-refractivity contribution in [3.8, 4) is 23.1 Å². The average molecular weight is 436 g/mol. The van der Waals surface area contributed by atoms with Crippen LogP contribution in [0.4, 0.5) is 4.39 Å². The zero-order chi connectivity index (χ0) is 22.2. The molecule has 4 aromatic rings. The van der Waals surface area contributed by atoms with Gasteiger partial charge in [-0.15, -0.1) is 0 Å². The van der Waals surface area contributed by atoms with Gasteiger partial charge in [0.1, 0.15) is 6.33 Å². The van der Waals surface area contributed by atoms with Crippen LogP contribution in [0, 0.1) is 18.7 Å². The van der Waals surface area contributed by atoms with Gasteiger partial charge in [-0.05, 0) is 57.0 Å². The largest absolute Gasteiger partial charge is 0.493 e. The second-order valence-corrected chi connectivity index (χ2v) is 8.23. The van der Waals surface area contributed by atoms with Crippen LogP contribution in [-0.4, -0.2) is 41.8 Å². The molecule has 8 heteroatoms. The summed E-state index contributed by atoms with van der Waals surface area (Å²) in [6, 6.07) is 9.29. The van der Waals surface area contributed by atoms with Gasteiger partial charge in [-0.25, -0.2) is 14.4 Å². The molecule has 0 atom stereocenters. The van der Waals surface area contributed by atoms with Gasteiger partial charge in [0, 0.05) is 28.7 Å². The highest BCUT2D eigenvalue weighted by molar-refractivity contribution is 5.87. The number of halogens is 1. The second kappa shape index (κ2) is 8.27. The van der Waals surface area contributed by atoms with Crippen LogP contribution in [0.2, 0.25) is 0 Å². The molecular weight excluding hydrogens is 411 g/mol. The molecular formula is C24H25FN4O3. The van der Waals surface area contributed by atoms with Crippen LogP contribution >= 0.6 is 0 Å². The molecule has 2 aromatic carbocycles. The Bertz CT molecular complexity index is 1280. The van der Waals surface area contributed by atoms with E-state index < -0.39 is 5.82 Å². The van der Waals surface area contributed by atoms with Crippen molar-refractivity contribution in [2.75, 3.05) is 20.8 Å². The SMILES string of the molecule is CN[C@H]1C[C@H](COc2cc3ncnc(Oc4ccc5[nH]c(C)cc5c4F)c3cc2OC)C1. The highest BCUT2D eigenvalue weighted by Crippen LogP contribution is 2.38. The maximum absolute atomic E-state index is 15.0. The molecule has 7 nitrogen and oxygen atoms in total. The first-order valence-electron chi connectivity index (χ1n) is 10.6. The maximum atomic E-state index is 15.0. The number of aromatic nitrogens is 3. The minimum Gasteiger partial charge on any atom is -0.493 e. The van der Waals surface area contributed by atoms with Gasteiger partial charge in [0.25, 0.3) is 0 Å². The van der Waals surface area contributed by atoms with Crippen LogP contribution in [0.15, 0.2) is 36.7 Å². The van der Waals surface area contributed by atoms with Gasteiger partial charge < -0.3 is 24.5 Å². The van der Waals surface area contributed by atoms with E-state index in [2.05, 4.69) is 20.3 Å². The lowest BCUT2D eigenvalue weighted by atomic mass is 9.81. The normalized spacial score (nSPS) is 18.0. The lowest BCUT2D eigenvalue weighted by Crippen LogP contribution is -2.41. The van der Waals surface area contributed by atoms with Gasteiger partial charge in [-0.1, -0.05) is 0 Å². The Morgan fingerprint density at radius 2 is 1.94 bits per heavy atom. The van der Waals surface area contributed by atoms with Gasteiger partial charge in [-0.2, -0.15) is 0 Å². The van der Waals surface area contributed by atoms with Crippen LogP contribution in [-0.2, 0) is 0 Å². The Hall–Kier alpha value is -3.39. The van der Waals surface area contributed by atoms with Gasteiger partial charge in [0.2, 0.25) is 5.88 Å². The van der Waals surface area contributed by atoms with Crippen LogP contribution in [0.3, 0.4) is 0 Å². The van der Waals surface area contributed by atoms with Crippen LogP contribution in [0.5, 0.6) is 23.1 Å². The monoisotopic (exact) mass is 436 g/mol. The number of H-pyrrole nitrogens is 1. The first-order chi connectivity index (χ1) is 15.6. The number of ether oxygens (including phenoxy) is 3. The smallest absolute Gasteiger partial charge is 0.230 e. The topological polar surface area (TPSA) is 81.3 Å². The molecule has 32 heavy (non-hydrogen) atoms. The van der Waals surface area contributed by atoms with E-state index in [4.69, 9.17) is 14.2 Å². The highest BCUT2D eigenvalue weighted by Gasteiger charge is 2.28. The summed E-state index contributed by atoms with van der Waals surface area (Å²) in [5, 5.41) is 4.36. The number of rotatable bonds is 7. The molecule has 0 bridgehead atoms. The van der Waals surface area contributed by atoms with Crippen molar-refractivity contribution in [2.45, 2.75) is 25.8 Å². The van der Waals surface area contributed by atoms with Gasteiger partial charge in [0.05, 0.1) is 24.6 Å². The molecule has 0 amide bonds. The van der Waals surface area contributed by atoms with Crippen LogP contribution < -0.4 is 19.5 Å². The Morgan fingerprint density at radius 3 is 2.72 bits per heavy atom. The number of nitrogens with one attached hydrogen (secondary N) is 2. The molecule has 0 saturated heterocycles. The quantitative estimate of drug-likeness (QED) is 0.436. The first-order valence-corrected chi connectivity index (χ1v) is 10.6. The third-order valence-electron chi connectivity index (χ3n) is 6.05. The molecule has 2 aromatic heterocycles. The standard InChI is InChI=1S/C24H25FN4O3/c1-13-6-16-18(29-13)4-5-20(23(16)25)32-24-17-9-21(30-3)22(10-19(17)27-12-28-24)31-11-14-7-15(8-14)26-2/h4-6,9-10,12,14-15,26,29H,7-8,11H2,1-3H3/t14-,15-. The molecule has 1 aliphatic rings. The zero-order valence-corrected chi connectivity index (χ0v) is 18.2. The number of benzene rings is 2. The van der Waals surface area contributed by atoms with E-state index in [1.807, 2.05) is 20.0 Å². The van der Waals surface area contributed by atoms with E-state index in [0.717, 1.165) is 24.1 Å². The van der Waals surface area contributed by atoms with E-state index in [0.29, 0.717) is 46.4 Å². The Labute approximate surface area is 184 Å². The minimum atomic E-state index is -0.439. The molecule has 2 N–H and O–H groups in total.